The number of carbonyl (C=O) groups excluding carboxylic acids is 1. The number of amides is 1. The number of rotatable bonds is 38. The van der Waals surface area contributed by atoms with E-state index in [1.54, 1.807) is 6.08 Å². The molecule has 3 atom stereocenters. The van der Waals surface area contributed by atoms with Gasteiger partial charge in [-0.05, 0) is 51.4 Å². The van der Waals surface area contributed by atoms with Crippen LogP contribution in [0.1, 0.15) is 181 Å². The summed E-state index contributed by atoms with van der Waals surface area (Å²) in [6.45, 7) is 4.54. The summed E-state index contributed by atoms with van der Waals surface area (Å²) in [5, 5.41) is 13.7. The van der Waals surface area contributed by atoms with Gasteiger partial charge in [-0.3, -0.25) is 9.36 Å². The molecule has 9 heteroatoms. The monoisotopic (exact) mass is 755 g/mol. The van der Waals surface area contributed by atoms with E-state index in [1.165, 1.54) is 96.3 Å². The zero-order valence-electron chi connectivity index (χ0n) is 34.5. The van der Waals surface area contributed by atoms with Crippen LogP contribution in [0.5, 0.6) is 0 Å². The molecule has 0 bridgehead atoms. The van der Waals surface area contributed by atoms with Crippen LogP contribution >= 0.6 is 7.82 Å². The van der Waals surface area contributed by atoms with Crippen LogP contribution in [0, 0.1) is 0 Å². The fourth-order valence-electron chi connectivity index (χ4n) is 5.88. The van der Waals surface area contributed by atoms with Crippen molar-refractivity contribution in [3.05, 3.63) is 36.5 Å². The average Bonchev–Trinajstić information content (AvgIpc) is 3.09. The second-order valence-electron chi connectivity index (χ2n) is 15.7. The molecule has 2 N–H and O–H groups in total. The van der Waals surface area contributed by atoms with Crippen LogP contribution in [0.2, 0.25) is 0 Å². The smallest absolute Gasteiger partial charge is 0.268 e. The molecular formula is C43H83N2O6P. The molecule has 52 heavy (non-hydrogen) atoms. The molecule has 306 valence electrons. The number of hydrogen-bond acceptors (Lipinski definition) is 6. The third-order valence-corrected chi connectivity index (χ3v) is 10.3. The molecule has 0 fully saturated rings. The van der Waals surface area contributed by atoms with E-state index in [-0.39, 0.29) is 12.5 Å². The number of phosphoric ester groups is 1. The van der Waals surface area contributed by atoms with E-state index in [1.807, 2.05) is 27.2 Å². The Morgan fingerprint density at radius 3 is 1.63 bits per heavy atom. The number of aliphatic hydroxyl groups is 1. The number of quaternary nitrogens is 1. The van der Waals surface area contributed by atoms with E-state index in [0.717, 1.165) is 64.2 Å². The zero-order chi connectivity index (χ0) is 38.6. The van der Waals surface area contributed by atoms with Crippen LogP contribution in [0.15, 0.2) is 36.5 Å². The summed E-state index contributed by atoms with van der Waals surface area (Å²) in [5.41, 5.74) is 0. The lowest BCUT2D eigenvalue weighted by atomic mass is 10.0. The van der Waals surface area contributed by atoms with Crippen LogP contribution in [-0.2, 0) is 18.4 Å². The Kier molecular flexibility index (Phi) is 34.6. The molecular weight excluding hydrogens is 671 g/mol. The lowest BCUT2D eigenvalue weighted by Crippen LogP contribution is -2.45. The van der Waals surface area contributed by atoms with Gasteiger partial charge in [-0.25, -0.2) is 0 Å². The molecule has 0 aromatic carbocycles. The first-order valence-electron chi connectivity index (χ1n) is 21.4. The Hall–Kier alpha value is -1.28. The number of likely N-dealkylation sites (N-methyl/N-ethyl adjacent to an activating group) is 1. The Balaban J connectivity index is 4.44. The van der Waals surface area contributed by atoms with Crippen molar-refractivity contribution in [1.29, 1.82) is 0 Å². The summed E-state index contributed by atoms with van der Waals surface area (Å²) >= 11 is 0. The van der Waals surface area contributed by atoms with Gasteiger partial charge in [0, 0.05) is 6.42 Å². The molecule has 0 saturated carbocycles. The maximum atomic E-state index is 12.8. The van der Waals surface area contributed by atoms with Crippen molar-refractivity contribution in [2.24, 2.45) is 0 Å². The van der Waals surface area contributed by atoms with Gasteiger partial charge in [0.1, 0.15) is 13.2 Å². The van der Waals surface area contributed by atoms with E-state index in [2.05, 4.69) is 43.5 Å². The largest absolute Gasteiger partial charge is 0.756 e. The van der Waals surface area contributed by atoms with Crippen LogP contribution < -0.4 is 10.2 Å². The summed E-state index contributed by atoms with van der Waals surface area (Å²) in [7, 11) is 1.23. The quantitative estimate of drug-likeness (QED) is 0.0281. The molecule has 0 aliphatic carbocycles. The number of unbranched alkanes of at least 4 members (excludes halogenated alkanes) is 21. The number of nitrogens with zero attached hydrogens (tertiary/aromatic N) is 1. The van der Waals surface area contributed by atoms with Gasteiger partial charge >= 0.3 is 0 Å². The van der Waals surface area contributed by atoms with Crippen LogP contribution in [-0.4, -0.2) is 68.5 Å². The number of allylic oxidation sites excluding steroid dienone is 5. The van der Waals surface area contributed by atoms with Crippen molar-refractivity contribution < 1.29 is 32.9 Å². The number of phosphoric acid groups is 1. The standard InChI is InChI=1S/C43H83N2O6P/c1-6-8-10-12-14-16-18-19-20-21-22-23-24-25-26-27-28-30-32-34-36-42(46)41(40-51-52(48,49)50-39-38-45(3,4)5)44-43(47)37-35-33-31-29-17-15-13-11-9-7-2/h11,13,27-28,34,36,41-42,46H,6-10,12,14-26,29-33,35,37-40H2,1-5H3,(H-,44,47,48,49)/b13-11-,28-27+,36-34+. The van der Waals surface area contributed by atoms with Gasteiger partial charge < -0.3 is 28.8 Å². The highest BCUT2D eigenvalue weighted by molar-refractivity contribution is 7.45. The maximum Gasteiger partial charge on any atom is 0.268 e. The maximum absolute atomic E-state index is 12.8. The molecule has 0 aliphatic rings. The van der Waals surface area contributed by atoms with Gasteiger partial charge in [0.25, 0.3) is 7.82 Å². The minimum atomic E-state index is -4.59. The average molecular weight is 755 g/mol. The lowest BCUT2D eigenvalue weighted by molar-refractivity contribution is -0.870. The first-order valence-corrected chi connectivity index (χ1v) is 22.8. The van der Waals surface area contributed by atoms with E-state index in [0.29, 0.717) is 17.4 Å². The second kappa shape index (κ2) is 35.4. The van der Waals surface area contributed by atoms with Crippen LogP contribution in [0.4, 0.5) is 0 Å². The molecule has 1 amide bonds. The Bertz CT molecular complexity index is 948. The minimum absolute atomic E-state index is 0.00823. The van der Waals surface area contributed by atoms with Gasteiger partial charge in [-0.1, -0.05) is 159 Å². The van der Waals surface area contributed by atoms with Crippen LogP contribution in [0.3, 0.4) is 0 Å². The minimum Gasteiger partial charge on any atom is -0.756 e. The summed E-state index contributed by atoms with van der Waals surface area (Å²) < 4.78 is 23.1. The molecule has 0 heterocycles. The Morgan fingerprint density at radius 1 is 0.654 bits per heavy atom. The molecule has 0 aromatic heterocycles. The predicted molar refractivity (Wildman–Crippen MR) is 219 cm³/mol. The van der Waals surface area contributed by atoms with Crippen molar-refractivity contribution >= 4 is 13.7 Å². The summed E-state index contributed by atoms with van der Waals surface area (Å²) in [6.07, 6.45) is 42.0. The third kappa shape index (κ3) is 37.1. The molecule has 0 aliphatic heterocycles. The van der Waals surface area contributed by atoms with Gasteiger partial charge in [0.2, 0.25) is 5.91 Å². The number of aliphatic hydroxyl groups excluding tert-OH is 1. The fourth-order valence-corrected chi connectivity index (χ4v) is 6.60. The van der Waals surface area contributed by atoms with E-state index >= 15 is 0 Å². The summed E-state index contributed by atoms with van der Waals surface area (Å²) in [4.78, 5) is 25.2. The van der Waals surface area contributed by atoms with E-state index in [9.17, 15) is 19.4 Å². The van der Waals surface area contributed by atoms with Gasteiger partial charge in [0.15, 0.2) is 0 Å². The normalized spacial score (nSPS) is 14.8. The molecule has 0 saturated heterocycles. The Labute approximate surface area is 321 Å². The zero-order valence-corrected chi connectivity index (χ0v) is 35.4. The molecule has 0 aromatic rings. The molecule has 0 radical (unpaired) electrons. The highest BCUT2D eigenvalue weighted by Gasteiger charge is 2.23. The molecule has 8 nitrogen and oxygen atoms in total. The topological polar surface area (TPSA) is 108 Å². The summed E-state index contributed by atoms with van der Waals surface area (Å²) in [5.74, 6) is -0.221. The first kappa shape index (κ1) is 50.7. The Morgan fingerprint density at radius 2 is 1.12 bits per heavy atom. The third-order valence-electron chi connectivity index (χ3n) is 9.30. The number of nitrogens with one attached hydrogen (secondary N) is 1. The van der Waals surface area contributed by atoms with Crippen molar-refractivity contribution in [3.8, 4) is 0 Å². The predicted octanol–water partition coefficient (Wildman–Crippen LogP) is 10.9. The highest BCUT2D eigenvalue weighted by atomic mass is 31.2. The van der Waals surface area contributed by atoms with Crippen LogP contribution in [0.25, 0.3) is 0 Å². The van der Waals surface area contributed by atoms with Crippen molar-refractivity contribution in [2.75, 3.05) is 40.9 Å². The number of hydrogen-bond donors (Lipinski definition) is 2. The van der Waals surface area contributed by atoms with Gasteiger partial charge in [-0.2, -0.15) is 0 Å². The van der Waals surface area contributed by atoms with Crippen molar-refractivity contribution in [3.63, 3.8) is 0 Å². The first-order chi connectivity index (χ1) is 25.0. The summed E-state index contributed by atoms with van der Waals surface area (Å²) in [6, 6.07) is -0.904. The lowest BCUT2D eigenvalue weighted by Gasteiger charge is -2.29. The van der Waals surface area contributed by atoms with Gasteiger partial charge in [-0.15, -0.1) is 0 Å². The molecule has 0 spiro atoms. The van der Waals surface area contributed by atoms with E-state index in [4.69, 9.17) is 9.05 Å². The van der Waals surface area contributed by atoms with Crippen molar-refractivity contribution in [2.45, 2.75) is 193 Å². The fraction of sp³-hybridized carbons (Fsp3) is 0.837. The second-order valence-corrected chi connectivity index (χ2v) is 17.1. The van der Waals surface area contributed by atoms with Gasteiger partial charge in [0.05, 0.1) is 39.9 Å². The van der Waals surface area contributed by atoms with Crippen molar-refractivity contribution in [1.82, 2.24) is 5.32 Å². The molecule has 3 unspecified atom stereocenters. The van der Waals surface area contributed by atoms with E-state index < -0.39 is 26.6 Å². The molecule has 0 rings (SSSR count). The SMILES string of the molecule is CCC/C=C\CCCCCCCC(=O)NC(COP(=O)([O-])OCC[N+](C)(C)C)C(O)/C=C/CC/C=C/CCCCCCCCCCCCCCCC. The highest BCUT2D eigenvalue weighted by Crippen LogP contribution is 2.38. The number of carbonyl (C=O) groups is 1.